The minimum absolute atomic E-state index is 0.0385. The van der Waals surface area contributed by atoms with Gasteiger partial charge in [-0.15, -0.1) is 0 Å². The molecular formula is C21H26N2O2. The maximum atomic E-state index is 6.64. The average molecular weight is 338 g/mol. The largest absolute Gasteiger partial charge is 0.339 e. The second kappa shape index (κ2) is 7.26. The van der Waals surface area contributed by atoms with Gasteiger partial charge < -0.3 is 20.1 Å². The molecule has 2 heterocycles. The third-order valence-corrected chi connectivity index (χ3v) is 5.37. The molecule has 0 aliphatic carbocycles. The van der Waals surface area contributed by atoms with E-state index < -0.39 is 5.79 Å². The van der Waals surface area contributed by atoms with Crippen molar-refractivity contribution in [3.8, 4) is 0 Å². The van der Waals surface area contributed by atoms with Crippen LogP contribution in [0.3, 0.4) is 0 Å². The van der Waals surface area contributed by atoms with Crippen LogP contribution < -0.4 is 10.6 Å². The van der Waals surface area contributed by atoms with Gasteiger partial charge in [0, 0.05) is 23.2 Å². The maximum absolute atomic E-state index is 6.64. The lowest BCUT2D eigenvalue weighted by atomic mass is 9.95. The van der Waals surface area contributed by atoms with E-state index in [-0.39, 0.29) is 6.10 Å². The predicted molar refractivity (Wildman–Crippen MR) is 98.4 cm³/mol. The second-order valence-electron chi connectivity index (χ2n) is 6.89. The third-order valence-electron chi connectivity index (χ3n) is 5.37. The van der Waals surface area contributed by atoms with Crippen LogP contribution in [-0.2, 0) is 15.3 Å². The lowest BCUT2D eigenvalue weighted by Gasteiger charge is -2.34. The summed E-state index contributed by atoms with van der Waals surface area (Å²) in [6.45, 7) is 1.61. The van der Waals surface area contributed by atoms with Crippen molar-refractivity contribution >= 4 is 0 Å². The van der Waals surface area contributed by atoms with Crippen molar-refractivity contribution in [2.45, 2.75) is 36.8 Å². The number of hydrogen-bond donors (Lipinski definition) is 2. The first-order valence-corrected chi connectivity index (χ1v) is 9.15. The molecule has 2 aromatic carbocycles. The molecule has 4 heteroatoms. The Kier molecular flexibility index (Phi) is 4.86. The highest BCUT2D eigenvalue weighted by atomic mass is 16.7. The zero-order valence-electron chi connectivity index (χ0n) is 14.7. The molecular weight excluding hydrogens is 312 g/mol. The summed E-state index contributed by atoms with van der Waals surface area (Å²) in [4.78, 5) is 0. The first-order chi connectivity index (χ1) is 12.3. The molecule has 2 saturated heterocycles. The van der Waals surface area contributed by atoms with Gasteiger partial charge in [-0.2, -0.15) is 0 Å². The molecule has 2 fully saturated rings. The summed E-state index contributed by atoms with van der Waals surface area (Å²) in [6.07, 6.45) is 2.25. The van der Waals surface area contributed by atoms with Crippen LogP contribution in [0.25, 0.3) is 0 Å². The van der Waals surface area contributed by atoms with Crippen molar-refractivity contribution in [2.75, 3.05) is 20.2 Å². The van der Waals surface area contributed by atoms with Gasteiger partial charge in [-0.05, 0) is 26.4 Å². The van der Waals surface area contributed by atoms with Gasteiger partial charge in [-0.25, -0.2) is 0 Å². The van der Waals surface area contributed by atoms with E-state index in [4.69, 9.17) is 9.47 Å². The minimum atomic E-state index is -0.818. The molecule has 4 rings (SSSR count). The first kappa shape index (κ1) is 16.7. The van der Waals surface area contributed by atoms with Gasteiger partial charge in [-0.3, -0.25) is 0 Å². The Morgan fingerprint density at radius 3 is 2.24 bits per heavy atom. The molecule has 2 aromatic rings. The number of rotatable bonds is 4. The van der Waals surface area contributed by atoms with E-state index in [0.29, 0.717) is 18.7 Å². The highest BCUT2D eigenvalue weighted by molar-refractivity contribution is 5.34. The van der Waals surface area contributed by atoms with Crippen LogP contribution in [0.5, 0.6) is 0 Å². The van der Waals surface area contributed by atoms with Gasteiger partial charge in [0.1, 0.15) is 6.10 Å². The number of benzene rings is 2. The van der Waals surface area contributed by atoms with Gasteiger partial charge in [0.15, 0.2) is 0 Å². The quantitative estimate of drug-likeness (QED) is 0.899. The number of nitrogens with one attached hydrogen (secondary N) is 2. The van der Waals surface area contributed by atoms with Crippen LogP contribution in [0.1, 0.15) is 24.0 Å². The topological polar surface area (TPSA) is 42.5 Å². The maximum Gasteiger partial charge on any atom is 0.222 e. The SMILES string of the molecule is CN[C@H]1CCN[C@H]([C@H]2COC(c3ccccc3)(c3ccccc3)O2)C1. The smallest absolute Gasteiger partial charge is 0.222 e. The van der Waals surface area contributed by atoms with Crippen LogP contribution in [-0.4, -0.2) is 38.4 Å². The summed E-state index contributed by atoms with van der Waals surface area (Å²) in [6, 6.07) is 21.4. The molecule has 4 nitrogen and oxygen atoms in total. The first-order valence-electron chi connectivity index (χ1n) is 9.15. The summed E-state index contributed by atoms with van der Waals surface area (Å²) in [5, 5.41) is 7.03. The molecule has 2 N–H and O–H groups in total. The van der Waals surface area contributed by atoms with Crippen molar-refractivity contribution in [2.24, 2.45) is 0 Å². The Bertz CT molecular complexity index is 637. The summed E-state index contributed by atoms with van der Waals surface area (Å²) in [5.74, 6) is -0.818. The minimum Gasteiger partial charge on any atom is -0.339 e. The molecule has 0 unspecified atom stereocenters. The van der Waals surface area contributed by atoms with E-state index >= 15 is 0 Å². The van der Waals surface area contributed by atoms with Crippen LogP contribution in [0.4, 0.5) is 0 Å². The average Bonchev–Trinajstić information content (AvgIpc) is 3.16. The molecule has 132 valence electrons. The van der Waals surface area contributed by atoms with E-state index in [0.717, 1.165) is 30.5 Å². The van der Waals surface area contributed by atoms with Gasteiger partial charge in [-0.1, -0.05) is 60.7 Å². The van der Waals surface area contributed by atoms with Crippen molar-refractivity contribution in [3.63, 3.8) is 0 Å². The summed E-state index contributed by atoms with van der Waals surface area (Å²) < 4.78 is 13.0. The summed E-state index contributed by atoms with van der Waals surface area (Å²) >= 11 is 0. The van der Waals surface area contributed by atoms with E-state index in [1.807, 2.05) is 43.4 Å². The molecule has 3 atom stereocenters. The van der Waals surface area contributed by atoms with Gasteiger partial charge >= 0.3 is 0 Å². The molecule has 2 aliphatic rings. The molecule has 2 aliphatic heterocycles. The van der Waals surface area contributed by atoms with Crippen molar-refractivity contribution in [1.82, 2.24) is 10.6 Å². The number of ether oxygens (including phenoxy) is 2. The number of hydrogen-bond acceptors (Lipinski definition) is 4. The van der Waals surface area contributed by atoms with Crippen LogP contribution in [0, 0.1) is 0 Å². The van der Waals surface area contributed by atoms with Crippen LogP contribution in [0.2, 0.25) is 0 Å². The summed E-state index contributed by atoms with van der Waals surface area (Å²) in [7, 11) is 2.04. The van der Waals surface area contributed by atoms with Crippen molar-refractivity contribution < 1.29 is 9.47 Å². The molecule has 0 saturated carbocycles. The molecule has 25 heavy (non-hydrogen) atoms. The van der Waals surface area contributed by atoms with Crippen molar-refractivity contribution in [3.05, 3.63) is 71.8 Å². The monoisotopic (exact) mass is 338 g/mol. The summed E-state index contributed by atoms with van der Waals surface area (Å²) in [5.41, 5.74) is 2.09. The van der Waals surface area contributed by atoms with Gasteiger partial charge in [0.25, 0.3) is 0 Å². The fourth-order valence-electron chi connectivity index (χ4n) is 3.96. The zero-order chi connectivity index (χ0) is 17.1. The molecule has 0 spiro atoms. The Morgan fingerprint density at radius 2 is 1.64 bits per heavy atom. The van der Waals surface area contributed by atoms with Crippen LogP contribution in [0.15, 0.2) is 60.7 Å². The Balaban J connectivity index is 1.63. The van der Waals surface area contributed by atoms with Crippen molar-refractivity contribution in [1.29, 1.82) is 0 Å². The molecule has 0 radical (unpaired) electrons. The van der Waals surface area contributed by atoms with Crippen LogP contribution >= 0.6 is 0 Å². The van der Waals surface area contributed by atoms with Gasteiger partial charge in [0.2, 0.25) is 5.79 Å². The fourth-order valence-corrected chi connectivity index (χ4v) is 3.96. The molecule has 0 aromatic heterocycles. The van der Waals surface area contributed by atoms with E-state index in [1.54, 1.807) is 0 Å². The Hall–Kier alpha value is -1.72. The Morgan fingerprint density at radius 1 is 1.00 bits per heavy atom. The zero-order valence-corrected chi connectivity index (χ0v) is 14.7. The standard InChI is InChI=1S/C21H26N2O2/c1-22-18-12-13-23-19(14-18)20-15-24-21(25-20,16-8-4-2-5-9-16)17-10-6-3-7-11-17/h2-11,18-20,22-23H,12-15H2,1H3/t18-,19-,20+/m0/s1. The Labute approximate surface area is 149 Å². The van der Waals surface area contributed by atoms with Gasteiger partial charge in [0.05, 0.1) is 6.61 Å². The van der Waals surface area contributed by atoms with E-state index in [1.165, 1.54) is 0 Å². The molecule has 0 amide bonds. The van der Waals surface area contributed by atoms with E-state index in [2.05, 4.69) is 34.9 Å². The normalized spacial score (nSPS) is 28.8. The lowest BCUT2D eigenvalue weighted by molar-refractivity contribution is -0.146. The fraction of sp³-hybridized carbons (Fsp3) is 0.429. The molecule has 0 bridgehead atoms. The van der Waals surface area contributed by atoms with E-state index in [9.17, 15) is 0 Å². The third kappa shape index (κ3) is 3.23. The second-order valence-corrected chi connectivity index (χ2v) is 6.89. The number of piperidine rings is 1. The highest BCUT2D eigenvalue weighted by Crippen LogP contribution is 2.41. The predicted octanol–water partition coefficient (Wildman–Crippen LogP) is 2.64. The highest BCUT2D eigenvalue weighted by Gasteiger charge is 2.47. The lowest BCUT2D eigenvalue weighted by Crippen LogP contribution is -2.51.